The number of aliphatic hydroxyl groups excluding tert-OH is 5. The minimum atomic E-state index is -1.57. The lowest BCUT2D eigenvalue weighted by Gasteiger charge is -2.37. The number of ether oxygens (including phenoxy) is 1. The van der Waals surface area contributed by atoms with Gasteiger partial charge < -0.3 is 40.9 Å². The Bertz CT molecular complexity index is 407. The molecule has 24 heavy (non-hydrogen) atoms. The highest BCUT2D eigenvalue weighted by Crippen LogP contribution is 2.18. The van der Waals surface area contributed by atoms with E-state index in [4.69, 9.17) is 25.5 Å². The lowest BCUT2D eigenvalue weighted by Crippen LogP contribution is -2.58. The second-order valence-electron chi connectivity index (χ2n) is 4.71. The first-order chi connectivity index (χ1) is 11.3. The maximum atomic E-state index is 10.8. The molecule has 1 rings (SSSR count). The molecule has 0 radical (unpaired) electrons. The van der Waals surface area contributed by atoms with Gasteiger partial charge in [-0.25, -0.2) is 0 Å². The molecule has 7 N–H and O–H groups in total. The van der Waals surface area contributed by atoms with E-state index in [1.807, 2.05) is 0 Å². The van der Waals surface area contributed by atoms with Crippen molar-refractivity contribution < 1.29 is 39.9 Å². The summed E-state index contributed by atoms with van der Waals surface area (Å²) >= 11 is 3.88. The molecule has 1 aliphatic rings. The van der Waals surface area contributed by atoms with Gasteiger partial charge in [-0.05, 0) is 11.8 Å². The molecule has 5 atom stereocenters. The highest BCUT2D eigenvalue weighted by atomic mass is 32.1. The van der Waals surface area contributed by atoms with Crippen LogP contribution in [0.25, 0.3) is 0 Å². The lowest BCUT2D eigenvalue weighted by molar-refractivity contribution is -0.286. The first-order valence-electron chi connectivity index (χ1n) is 7.04. The van der Waals surface area contributed by atoms with E-state index in [1.165, 1.54) is 0 Å². The molecule has 11 heteroatoms. The van der Waals surface area contributed by atoms with Gasteiger partial charge in [-0.1, -0.05) is 6.58 Å². The largest absolute Gasteiger partial charge is 0.394 e. The summed E-state index contributed by atoms with van der Waals surface area (Å²) < 4.78 is 4.58. The van der Waals surface area contributed by atoms with E-state index in [0.29, 0.717) is 12.2 Å². The van der Waals surface area contributed by atoms with Gasteiger partial charge in [0.25, 0.3) is 0 Å². The van der Waals surface area contributed by atoms with Crippen LogP contribution in [0.2, 0.25) is 0 Å². The summed E-state index contributed by atoms with van der Waals surface area (Å²) in [6.07, 6.45) is -5.54. The zero-order valence-electron chi connectivity index (χ0n) is 12.9. The summed E-state index contributed by atoms with van der Waals surface area (Å²) in [6.45, 7) is 2.87. The Morgan fingerprint density at radius 2 is 1.75 bits per heavy atom. The fourth-order valence-electron chi connectivity index (χ4n) is 1.57. The van der Waals surface area contributed by atoms with Crippen molar-refractivity contribution in [1.29, 1.82) is 0 Å². The molecule has 0 saturated carbocycles. The standard InChI is InChI=1S/C7H12N2O2S.C6H12O6/c1-2-6(10)8-5-9-7(11)3-4-12;7-1-2-3(8)4(9)5(10)6(11)12-2/h2,12H,1,3-5H2,(H,8,10)(H,9,11);2-11H,1H2/t;2-,3+,4+,5-,6-/m.1/s1. The van der Waals surface area contributed by atoms with Gasteiger partial charge in [0.15, 0.2) is 6.29 Å². The number of rotatable bonds is 6. The van der Waals surface area contributed by atoms with E-state index >= 15 is 0 Å². The molecule has 2 amide bonds. The van der Waals surface area contributed by atoms with Crippen molar-refractivity contribution in [2.75, 3.05) is 19.0 Å². The van der Waals surface area contributed by atoms with Crippen molar-refractivity contribution in [3.8, 4) is 0 Å². The van der Waals surface area contributed by atoms with Crippen LogP contribution in [0, 0.1) is 0 Å². The van der Waals surface area contributed by atoms with Crippen molar-refractivity contribution in [2.45, 2.75) is 37.1 Å². The van der Waals surface area contributed by atoms with Gasteiger partial charge in [-0.15, -0.1) is 0 Å². The highest BCUT2D eigenvalue weighted by molar-refractivity contribution is 7.80. The van der Waals surface area contributed by atoms with Crippen LogP contribution in [0.3, 0.4) is 0 Å². The minimum absolute atomic E-state index is 0.130. The van der Waals surface area contributed by atoms with E-state index in [0.717, 1.165) is 6.08 Å². The number of thiol groups is 1. The van der Waals surface area contributed by atoms with Crippen LogP contribution >= 0.6 is 12.6 Å². The zero-order valence-corrected chi connectivity index (χ0v) is 13.8. The van der Waals surface area contributed by atoms with Crippen LogP contribution < -0.4 is 10.6 Å². The van der Waals surface area contributed by atoms with Gasteiger partial charge in [-0.3, -0.25) is 9.59 Å². The third-order valence-electron chi connectivity index (χ3n) is 2.94. The van der Waals surface area contributed by atoms with Crippen molar-refractivity contribution in [3.63, 3.8) is 0 Å². The molecule has 0 bridgehead atoms. The molecule has 140 valence electrons. The highest BCUT2D eigenvalue weighted by Gasteiger charge is 2.42. The van der Waals surface area contributed by atoms with Crippen LogP contribution in [0.15, 0.2) is 12.7 Å². The third-order valence-corrected chi connectivity index (χ3v) is 3.16. The number of hydrogen-bond donors (Lipinski definition) is 8. The Labute approximate surface area is 144 Å². The van der Waals surface area contributed by atoms with Gasteiger partial charge in [0.1, 0.15) is 24.4 Å². The second-order valence-corrected chi connectivity index (χ2v) is 5.16. The molecule has 0 unspecified atom stereocenters. The van der Waals surface area contributed by atoms with Crippen LogP contribution in [0.1, 0.15) is 6.42 Å². The molecule has 10 nitrogen and oxygen atoms in total. The summed E-state index contributed by atoms with van der Waals surface area (Å²) in [7, 11) is 0. The fraction of sp³-hybridized carbons (Fsp3) is 0.692. The first kappa shape index (κ1) is 22.8. The molecule has 0 spiro atoms. The van der Waals surface area contributed by atoms with Crippen molar-refractivity contribution in [3.05, 3.63) is 12.7 Å². The second kappa shape index (κ2) is 12.2. The average Bonchev–Trinajstić information content (AvgIpc) is 2.56. The van der Waals surface area contributed by atoms with E-state index in [9.17, 15) is 9.59 Å². The first-order valence-corrected chi connectivity index (χ1v) is 7.68. The molecule has 1 aliphatic heterocycles. The van der Waals surface area contributed by atoms with Crippen LogP contribution in [0.5, 0.6) is 0 Å². The minimum Gasteiger partial charge on any atom is -0.394 e. The van der Waals surface area contributed by atoms with E-state index < -0.39 is 37.3 Å². The van der Waals surface area contributed by atoms with Gasteiger partial charge in [0.05, 0.1) is 13.3 Å². The van der Waals surface area contributed by atoms with Crippen molar-refractivity contribution in [1.82, 2.24) is 10.6 Å². The van der Waals surface area contributed by atoms with Crippen molar-refractivity contribution >= 4 is 24.4 Å². The predicted octanol–water partition coefficient (Wildman–Crippen LogP) is -3.54. The summed E-state index contributed by atoms with van der Waals surface area (Å²) in [6, 6.07) is 0. The number of carbonyl (C=O) groups excluding carboxylic acids is 2. The molecule has 1 fully saturated rings. The van der Waals surface area contributed by atoms with Crippen LogP contribution in [-0.2, 0) is 14.3 Å². The van der Waals surface area contributed by atoms with Gasteiger partial charge in [-0.2, -0.15) is 12.6 Å². The SMILES string of the molecule is C=CC(=O)NCNC(=O)CCS.OC[C@H]1O[C@@H](O)[C@H](O)[C@@H](O)[C@H]1O. The van der Waals surface area contributed by atoms with E-state index in [1.54, 1.807) is 0 Å². The number of hydrogen-bond acceptors (Lipinski definition) is 9. The quantitative estimate of drug-likeness (QED) is 0.135. The van der Waals surface area contributed by atoms with Gasteiger partial charge in [0.2, 0.25) is 11.8 Å². The maximum Gasteiger partial charge on any atom is 0.244 e. The molecule has 1 heterocycles. The van der Waals surface area contributed by atoms with Crippen molar-refractivity contribution in [2.24, 2.45) is 0 Å². The summed E-state index contributed by atoms with van der Waals surface area (Å²) in [5.41, 5.74) is 0. The topological polar surface area (TPSA) is 169 Å². The average molecular weight is 368 g/mol. The smallest absolute Gasteiger partial charge is 0.244 e. The Balaban J connectivity index is 0.000000441. The molecular formula is C13H24N2O8S. The number of amides is 2. The monoisotopic (exact) mass is 368 g/mol. The molecular weight excluding hydrogens is 344 g/mol. The number of carbonyl (C=O) groups is 2. The van der Waals surface area contributed by atoms with Crippen LogP contribution in [-0.4, -0.2) is 87.1 Å². The Kier molecular flexibility index (Phi) is 11.6. The zero-order chi connectivity index (χ0) is 18.7. The molecule has 0 aromatic rings. The molecule has 0 aliphatic carbocycles. The number of nitrogens with one attached hydrogen (secondary N) is 2. The third kappa shape index (κ3) is 8.06. The lowest BCUT2D eigenvalue weighted by atomic mass is 10.00. The Morgan fingerprint density at radius 1 is 1.12 bits per heavy atom. The summed E-state index contributed by atoms with van der Waals surface area (Å²) in [5, 5.41) is 49.5. The molecule has 0 aromatic carbocycles. The Morgan fingerprint density at radius 3 is 2.25 bits per heavy atom. The normalized spacial score (nSPS) is 29.0. The predicted molar refractivity (Wildman–Crippen MR) is 85.8 cm³/mol. The molecule has 1 saturated heterocycles. The van der Waals surface area contributed by atoms with Crippen LogP contribution in [0.4, 0.5) is 0 Å². The fourth-order valence-corrected chi connectivity index (χ4v) is 1.78. The summed E-state index contributed by atoms with van der Waals surface area (Å²) in [5.74, 6) is 0.0665. The van der Waals surface area contributed by atoms with E-state index in [-0.39, 0.29) is 18.5 Å². The molecule has 0 aromatic heterocycles. The van der Waals surface area contributed by atoms with Gasteiger partial charge in [0, 0.05) is 6.42 Å². The number of aliphatic hydroxyl groups is 5. The maximum absolute atomic E-state index is 10.8. The summed E-state index contributed by atoms with van der Waals surface area (Å²) in [4.78, 5) is 21.3. The van der Waals surface area contributed by atoms with Gasteiger partial charge >= 0.3 is 0 Å². The Hall–Kier alpha value is -1.21. The van der Waals surface area contributed by atoms with E-state index in [2.05, 4.69) is 34.6 Å².